The molecule has 0 saturated carbocycles. The van der Waals surface area contributed by atoms with Crippen LogP contribution in [0.4, 0.5) is 16.2 Å². The highest BCUT2D eigenvalue weighted by Gasteiger charge is 2.33. The van der Waals surface area contributed by atoms with E-state index in [-0.39, 0.29) is 17.2 Å². The van der Waals surface area contributed by atoms with Crippen LogP contribution in [0.1, 0.15) is 69.1 Å². The number of fused-ring (bicyclic) bond motifs is 1. The van der Waals surface area contributed by atoms with Crippen molar-refractivity contribution in [2.75, 3.05) is 36.4 Å². The number of carbonyl (C=O) groups excluding carboxylic acids is 1. The number of aromatic nitrogens is 2. The van der Waals surface area contributed by atoms with Gasteiger partial charge in [-0.05, 0) is 93.5 Å². The lowest BCUT2D eigenvalue weighted by molar-refractivity contribution is 0.0634. The highest BCUT2D eigenvalue weighted by molar-refractivity contribution is 7.11. The van der Waals surface area contributed by atoms with Gasteiger partial charge in [-0.2, -0.15) is 0 Å². The van der Waals surface area contributed by atoms with Gasteiger partial charge in [0.25, 0.3) is 0 Å². The number of hydrogen-bond acceptors (Lipinski definition) is 8. The zero-order valence-electron chi connectivity index (χ0n) is 27.6. The maximum atomic E-state index is 12.4. The lowest BCUT2D eigenvalue weighted by atomic mass is 9.74. The van der Waals surface area contributed by atoms with Gasteiger partial charge in [0.15, 0.2) is 6.23 Å². The Morgan fingerprint density at radius 2 is 1.94 bits per heavy atom. The second kappa shape index (κ2) is 13.0. The molecular formula is C36H43N5O5S. The molecule has 3 aromatic heterocycles. The van der Waals surface area contributed by atoms with Crippen LogP contribution in [0.25, 0.3) is 16.6 Å². The number of nitrogens with one attached hydrogen (secondary N) is 2. The first-order valence-corrected chi connectivity index (χ1v) is 16.9. The standard InChI is InChI=1S/C36H43N5O5S/c1-35(2,3)46-34(44)39-26-17-30(47-22-26)29-18-36(4,5)12-10-25(29)20-40-14-15-41(27-8-6-23(7-9-27)33(42)43)31(21-40)45-28-16-24-11-13-37-32(24)38-19-28/h6-9,11,13,16-17,19,22,31H,10,12,14-15,18,20-21H2,1-5H3,(H,37,38)(H,39,44)(H,42,43). The van der Waals surface area contributed by atoms with Gasteiger partial charge < -0.3 is 24.5 Å². The lowest BCUT2D eigenvalue weighted by Gasteiger charge is -2.43. The van der Waals surface area contributed by atoms with Crippen molar-refractivity contribution in [2.24, 2.45) is 5.41 Å². The largest absolute Gasteiger partial charge is 0.478 e. The topological polar surface area (TPSA) is 120 Å². The molecule has 1 aliphatic heterocycles. The number of aromatic amines is 1. The molecule has 1 unspecified atom stereocenters. The van der Waals surface area contributed by atoms with Crippen molar-refractivity contribution in [1.29, 1.82) is 0 Å². The number of hydrogen-bond donors (Lipinski definition) is 3. The number of carbonyl (C=O) groups is 2. The number of pyridine rings is 1. The summed E-state index contributed by atoms with van der Waals surface area (Å²) in [5.74, 6) is -0.266. The van der Waals surface area contributed by atoms with Crippen LogP contribution in [-0.2, 0) is 4.74 Å². The monoisotopic (exact) mass is 657 g/mol. The summed E-state index contributed by atoms with van der Waals surface area (Å²) in [5, 5.41) is 15.3. The molecule has 248 valence electrons. The second-order valence-corrected chi connectivity index (χ2v) is 15.1. The SMILES string of the molecule is CC1(C)CCC(CN2CCN(c3ccc(C(=O)O)cc3)C(Oc3cnc4[nH]ccc4c3)C2)=C(c2cc(NC(=O)OC(C)(C)C)cs2)C1. The van der Waals surface area contributed by atoms with Crippen molar-refractivity contribution in [1.82, 2.24) is 14.9 Å². The molecule has 10 nitrogen and oxygen atoms in total. The van der Waals surface area contributed by atoms with Crippen LogP contribution in [0.3, 0.4) is 0 Å². The molecule has 4 aromatic rings. The van der Waals surface area contributed by atoms with E-state index in [4.69, 9.17) is 9.47 Å². The number of carboxylic acids is 1. The molecule has 1 atom stereocenters. The molecule has 1 fully saturated rings. The molecule has 2 aliphatic rings. The van der Waals surface area contributed by atoms with Crippen LogP contribution in [0.5, 0.6) is 5.75 Å². The molecule has 1 aromatic carbocycles. The van der Waals surface area contributed by atoms with Crippen molar-refractivity contribution >= 4 is 51.4 Å². The summed E-state index contributed by atoms with van der Waals surface area (Å²) in [6, 6.07) is 13.0. The molecule has 1 amide bonds. The predicted molar refractivity (Wildman–Crippen MR) is 186 cm³/mol. The van der Waals surface area contributed by atoms with E-state index in [2.05, 4.69) is 45.0 Å². The van der Waals surface area contributed by atoms with E-state index >= 15 is 0 Å². The summed E-state index contributed by atoms with van der Waals surface area (Å²) in [6.07, 6.45) is 5.92. The number of ether oxygens (including phenoxy) is 2. The number of anilines is 2. The van der Waals surface area contributed by atoms with E-state index in [1.54, 1.807) is 29.7 Å². The highest BCUT2D eigenvalue weighted by atomic mass is 32.1. The number of H-pyrrole nitrogens is 1. The Kier molecular flexibility index (Phi) is 9.04. The van der Waals surface area contributed by atoms with Gasteiger partial charge in [0.2, 0.25) is 0 Å². The van der Waals surface area contributed by atoms with Crippen LogP contribution in [0, 0.1) is 5.41 Å². The molecule has 1 aliphatic carbocycles. The number of nitrogens with zero attached hydrogens (tertiary/aromatic N) is 3. The van der Waals surface area contributed by atoms with Gasteiger partial charge in [-0.1, -0.05) is 19.4 Å². The number of rotatable bonds is 8. The number of allylic oxidation sites excluding steroid dienone is 1. The Labute approximate surface area is 279 Å². The molecule has 47 heavy (non-hydrogen) atoms. The average molecular weight is 658 g/mol. The Morgan fingerprint density at radius 3 is 2.68 bits per heavy atom. The number of aromatic carboxylic acids is 1. The minimum absolute atomic E-state index is 0.178. The maximum absolute atomic E-state index is 12.4. The summed E-state index contributed by atoms with van der Waals surface area (Å²) in [6.45, 7) is 13.2. The van der Waals surface area contributed by atoms with Crippen LogP contribution in [0.2, 0.25) is 0 Å². The average Bonchev–Trinajstić information content (AvgIpc) is 3.67. The molecule has 6 rings (SSSR count). The van der Waals surface area contributed by atoms with Gasteiger partial charge >= 0.3 is 12.1 Å². The van der Waals surface area contributed by atoms with Gasteiger partial charge in [-0.3, -0.25) is 10.2 Å². The summed E-state index contributed by atoms with van der Waals surface area (Å²) in [4.78, 5) is 37.4. The Balaban J connectivity index is 1.24. The van der Waals surface area contributed by atoms with E-state index in [0.717, 1.165) is 54.8 Å². The lowest BCUT2D eigenvalue weighted by Crippen LogP contribution is -2.56. The van der Waals surface area contributed by atoms with Gasteiger partial charge in [0.1, 0.15) is 17.0 Å². The summed E-state index contributed by atoms with van der Waals surface area (Å²) >= 11 is 1.66. The van der Waals surface area contributed by atoms with E-state index < -0.39 is 17.7 Å². The van der Waals surface area contributed by atoms with Crippen molar-refractivity contribution in [3.05, 3.63) is 76.3 Å². The highest BCUT2D eigenvalue weighted by Crippen LogP contribution is 2.45. The minimum atomic E-state index is -0.946. The van der Waals surface area contributed by atoms with Crippen LogP contribution >= 0.6 is 11.3 Å². The quantitative estimate of drug-likeness (QED) is 0.175. The number of benzene rings is 1. The number of piperazine rings is 1. The maximum Gasteiger partial charge on any atom is 0.412 e. The van der Waals surface area contributed by atoms with Crippen molar-refractivity contribution in [3.8, 4) is 5.75 Å². The zero-order chi connectivity index (χ0) is 33.3. The molecule has 4 heterocycles. The Hall–Kier alpha value is -4.35. The van der Waals surface area contributed by atoms with Crippen molar-refractivity contribution in [2.45, 2.75) is 65.7 Å². The predicted octanol–water partition coefficient (Wildman–Crippen LogP) is 7.86. The molecule has 1 saturated heterocycles. The van der Waals surface area contributed by atoms with Gasteiger partial charge in [-0.25, -0.2) is 14.6 Å². The first-order chi connectivity index (χ1) is 22.3. The van der Waals surface area contributed by atoms with Crippen molar-refractivity contribution < 1.29 is 24.2 Å². The fourth-order valence-corrected chi connectivity index (χ4v) is 7.23. The van der Waals surface area contributed by atoms with Gasteiger partial charge in [-0.15, -0.1) is 11.3 Å². The third-order valence-electron chi connectivity index (χ3n) is 8.65. The molecule has 0 spiro atoms. The third kappa shape index (κ3) is 7.97. The van der Waals surface area contributed by atoms with E-state index in [1.807, 2.05) is 56.6 Å². The molecular weight excluding hydrogens is 614 g/mol. The summed E-state index contributed by atoms with van der Waals surface area (Å²) in [5.41, 5.74) is 5.11. The fourth-order valence-electron chi connectivity index (χ4n) is 6.30. The van der Waals surface area contributed by atoms with Gasteiger partial charge in [0, 0.05) is 47.2 Å². The molecule has 0 radical (unpaired) electrons. The molecule has 11 heteroatoms. The number of thiophene rings is 1. The normalized spacial score (nSPS) is 18.7. The Bertz CT molecular complexity index is 1780. The number of carboxylic acid groups (broad SMARTS) is 1. The third-order valence-corrected chi connectivity index (χ3v) is 9.64. The summed E-state index contributed by atoms with van der Waals surface area (Å²) in [7, 11) is 0. The van der Waals surface area contributed by atoms with Crippen molar-refractivity contribution in [3.63, 3.8) is 0 Å². The van der Waals surface area contributed by atoms with E-state index in [0.29, 0.717) is 18.8 Å². The fraction of sp³-hybridized carbons (Fsp3) is 0.417. The smallest absolute Gasteiger partial charge is 0.412 e. The second-order valence-electron chi connectivity index (χ2n) is 14.2. The minimum Gasteiger partial charge on any atom is -0.478 e. The summed E-state index contributed by atoms with van der Waals surface area (Å²) < 4.78 is 12.1. The molecule has 0 bridgehead atoms. The number of amides is 1. The Morgan fingerprint density at radius 1 is 1.15 bits per heavy atom. The van der Waals surface area contributed by atoms with Gasteiger partial charge in [0.05, 0.1) is 24.0 Å². The molecule has 3 N–H and O–H groups in total. The first-order valence-electron chi connectivity index (χ1n) is 16.0. The van der Waals surface area contributed by atoms with Crippen LogP contribution < -0.4 is 15.0 Å². The van der Waals surface area contributed by atoms with Crippen LogP contribution in [-0.4, -0.2) is 70.0 Å². The van der Waals surface area contributed by atoms with E-state index in [1.165, 1.54) is 16.0 Å². The zero-order valence-corrected chi connectivity index (χ0v) is 28.4. The first kappa shape index (κ1) is 32.6. The van der Waals surface area contributed by atoms with Crippen LogP contribution in [0.15, 0.2) is 65.8 Å². The van der Waals surface area contributed by atoms with E-state index in [9.17, 15) is 14.7 Å².